The monoisotopic (exact) mass is 229 g/mol. The van der Waals surface area contributed by atoms with Crippen LogP contribution < -0.4 is 5.32 Å². The second-order valence-electron chi connectivity index (χ2n) is 4.48. The molecule has 2 atom stereocenters. The summed E-state index contributed by atoms with van der Waals surface area (Å²) in [6, 6.07) is 0.528. The predicted molar refractivity (Wildman–Crippen MR) is 71.9 cm³/mol. The van der Waals surface area contributed by atoms with Crippen molar-refractivity contribution in [2.75, 3.05) is 13.2 Å². The molecule has 0 aromatic rings. The van der Waals surface area contributed by atoms with Crippen LogP contribution in [-0.2, 0) is 4.74 Å². The molecule has 0 saturated heterocycles. The molecule has 2 nitrogen and oxygen atoms in total. The zero-order chi connectivity index (χ0) is 12.4. The first-order chi connectivity index (χ1) is 7.73. The second kappa shape index (κ2) is 10.1. The van der Waals surface area contributed by atoms with Gasteiger partial charge in [0.05, 0.1) is 6.10 Å². The highest BCUT2D eigenvalue weighted by molar-refractivity contribution is 4.78. The van der Waals surface area contributed by atoms with Crippen LogP contribution in [0.4, 0.5) is 0 Å². The number of ether oxygens (including phenoxy) is 1. The molecule has 16 heavy (non-hydrogen) atoms. The summed E-state index contributed by atoms with van der Waals surface area (Å²) < 4.78 is 5.83. The first-order valence-corrected chi connectivity index (χ1v) is 7.08. The largest absolute Gasteiger partial charge is 0.377 e. The van der Waals surface area contributed by atoms with Crippen molar-refractivity contribution in [2.45, 2.75) is 72.4 Å². The summed E-state index contributed by atoms with van der Waals surface area (Å²) in [6.45, 7) is 12.9. The molecule has 0 fully saturated rings. The third-order valence-electron chi connectivity index (χ3n) is 3.44. The summed E-state index contributed by atoms with van der Waals surface area (Å²) in [6.07, 6.45) is 5.29. The molecule has 0 aliphatic carbocycles. The lowest BCUT2D eigenvalue weighted by Crippen LogP contribution is -2.42. The summed E-state index contributed by atoms with van der Waals surface area (Å²) in [5.74, 6) is 0.832. The van der Waals surface area contributed by atoms with Gasteiger partial charge in [0.2, 0.25) is 0 Å². The van der Waals surface area contributed by atoms with Crippen LogP contribution in [0.5, 0.6) is 0 Å². The Balaban J connectivity index is 4.31. The molecule has 0 radical (unpaired) electrons. The second-order valence-corrected chi connectivity index (χ2v) is 4.48. The molecule has 0 bridgehead atoms. The molecule has 2 heteroatoms. The zero-order valence-electron chi connectivity index (χ0n) is 11.9. The average molecular weight is 229 g/mol. The summed E-state index contributed by atoms with van der Waals surface area (Å²) in [4.78, 5) is 0. The summed E-state index contributed by atoms with van der Waals surface area (Å²) in [5, 5.41) is 3.59. The van der Waals surface area contributed by atoms with Crippen molar-refractivity contribution in [1.82, 2.24) is 5.32 Å². The quantitative estimate of drug-likeness (QED) is 0.618. The topological polar surface area (TPSA) is 21.3 Å². The first kappa shape index (κ1) is 15.9. The summed E-state index contributed by atoms with van der Waals surface area (Å²) in [5.41, 5.74) is 0. The smallest absolute Gasteiger partial charge is 0.0725 e. The van der Waals surface area contributed by atoms with Gasteiger partial charge in [0.25, 0.3) is 0 Å². The van der Waals surface area contributed by atoms with Gasteiger partial charge in [-0.2, -0.15) is 0 Å². The van der Waals surface area contributed by atoms with Crippen molar-refractivity contribution in [3.05, 3.63) is 0 Å². The fourth-order valence-electron chi connectivity index (χ4n) is 2.34. The van der Waals surface area contributed by atoms with E-state index in [0.29, 0.717) is 12.1 Å². The minimum Gasteiger partial charge on any atom is -0.377 e. The lowest BCUT2D eigenvalue weighted by Gasteiger charge is -2.29. The van der Waals surface area contributed by atoms with Gasteiger partial charge in [-0.25, -0.2) is 0 Å². The zero-order valence-corrected chi connectivity index (χ0v) is 11.9. The van der Waals surface area contributed by atoms with Crippen LogP contribution in [0.1, 0.15) is 60.3 Å². The molecule has 0 aliphatic rings. The van der Waals surface area contributed by atoms with E-state index in [1.54, 1.807) is 0 Å². The maximum Gasteiger partial charge on any atom is 0.0725 e. The molecule has 0 aromatic carbocycles. The van der Waals surface area contributed by atoms with Crippen molar-refractivity contribution >= 4 is 0 Å². The molecule has 0 spiro atoms. The van der Waals surface area contributed by atoms with E-state index in [0.717, 1.165) is 25.5 Å². The Bertz CT molecular complexity index is 146. The maximum atomic E-state index is 5.83. The lowest BCUT2D eigenvalue weighted by molar-refractivity contribution is 0.0253. The molecular formula is C14H31NO. The molecular weight excluding hydrogens is 198 g/mol. The highest BCUT2D eigenvalue weighted by Gasteiger charge is 2.21. The van der Waals surface area contributed by atoms with Gasteiger partial charge in [-0.1, -0.05) is 40.5 Å². The van der Waals surface area contributed by atoms with Gasteiger partial charge < -0.3 is 10.1 Å². The third-order valence-corrected chi connectivity index (χ3v) is 3.44. The van der Waals surface area contributed by atoms with Crippen LogP contribution in [0.3, 0.4) is 0 Å². The van der Waals surface area contributed by atoms with Crippen LogP contribution in [0.15, 0.2) is 0 Å². The number of likely N-dealkylation sites (N-methyl/N-ethyl adjacent to an activating group) is 1. The van der Waals surface area contributed by atoms with Crippen molar-refractivity contribution in [3.63, 3.8) is 0 Å². The van der Waals surface area contributed by atoms with Gasteiger partial charge in [-0.15, -0.1) is 0 Å². The van der Waals surface area contributed by atoms with E-state index in [9.17, 15) is 0 Å². The maximum absolute atomic E-state index is 5.83. The van der Waals surface area contributed by atoms with E-state index in [1.807, 2.05) is 0 Å². The highest BCUT2D eigenvalue weighted by atomic mass is 16.5. The number of hydrogen-bond acceptors (Lipinski definition) is 2. The highest BCUT2D eigenvalue weighted by Crippen LogP contribution is 2.19. The van der Waals surface area contributed by atoms with E-state index in [2.05, 4.69) is 39.9 Å². The minimum absolute atomic E-state index is 0.380. The van der Waals surface area contributed by atoms with Crippen molar-refractivity contribution in [3.8, 4) is 0 Å². The van der Waals surface area contributed by atoms with E-state index in [-0.39, 0.29) is 0 Å². The van der Waals surface area contributed by atoms with Gasteiger partial charge >= 0.3 is 0 Å². The molecule has 0 amide bonds. The molecule has 1 N–H and O–H groups in total. The van der Waals surface area contributed by atoms with Gasteiger partial charge in [0.15, 0.2) is 0 Å². The van der Waals surface area contributed by atoms with Crippen molar-refractivity contribution < 1.29 is 4.74 Å². The SMILES string of the molecule is CCNC(CC(CC)CC)C(CC)OCC. The van der Waals surface area contributed by atoms with E-state index < -0.39 is 0 Å². The van der Waals surface area contributed by atoms with E-state index in [1.165, 1.54) is 19.3 Å². The minimum atomic E-state index is 0.380. The molecule has 0 aliphatic heterocycles. The van der Waals surface area contributed by atoms with Crippen molar-refractivity contribution in [2.24, 2.45) is 5.92 Å². The van der Waals surface area contributed by atoms with Gasteiger partial charge in [-0.05, 0) is 32.2 Å². The Morgan fingerprint density at radius 1 is 0.938 bits per heavy atom. The number of nitrogens with one attached hydrogen (secondary N) is 1. The Kier molecular flexibility index (Phi) is 10.0. The van der Waals surface area contributed by atoms with Crippen LogP contribution in [0.25, 0.3) is 0 Å². The lowest BCUT2D eigenvalue weighted by atomic mass is 9.91. The Hall–Kier alpha value is -0.0800. The molecule has 0 aromatic heterocycles. The van der Waals surface area contributed by atoms with E-state index in [4.69, 9.17) is 4.74 Å². The Labute approximate surface area is 102 Å². The normalized spacial score (nSPS) is 15.4. The fourth-order valence-corrected chi connectivity index (χ4v) is 2.34. The fraction of sp³-hybridized carbons (Fsp3) is 1.00. The average Bonchev–Trinajstić information content (AvgIpc) is 2.31. The van der Waals surface area contributed by atoms with Crippen LogP contribution in [0.2, 0.25) is 0 Å². The molecule has 98 valence electrons. The Morgan fingerprint density at radius 2 is 1.56 bits per heavy atom. The first-order valence-electron chi connectivity index (χ1n) is 7.08. The Morgan fingerprint density at radius 3 is 1.94 bits per heavy atom. The molecule has 0 saturated carbocycles. The standard InChI is InChI=1S/C14H31NO/c1-6-12(7-2)11-13(15-9-4)14(8-3)16-10-5/h12-15H,6-11H2,1-5H3. The van der Waals surface area contributed by atoms with Gasteiger partial charge in [0.1, 0.15) is 0 Å². The van der Waals surface area contributed by atoms with Crippen LogP contribution >= 0.6 is 0 Å². The van der Waals surface area contributed by atoms with E-state index >= 15 is 0 Å². The van der Waals surface area contributed by atoms with Gasteiger partial charge in [0, 0.05) is 12.6 Å². The van der Waals surface area contributed by atoms with Crippen molar-refractivity contribution in [1.29, 1.82) is 0 Å². The van der Waals surface area contributed by atoms with Gasteiger partial charge in [-0.3, -0.25) is 0 Å². The third kappa shape index (κ3) is 5.86. The molecule has 0 rings (SSSR count). The number of rotatable bonds is 10. The number of hydrogen-bond donors (Lipinski definition) is 1. The predicted octanol–water partition coefficient (Wildman–Crippen LogP) is 3.61. The summed E-state index contributed by atoms with van der Waals surface area (Å²) in [7, 11) is 0. The summed E-state index contributed by atoms with van der Waals surface area (Å²) >= 11 is 0. The molecule has 0 heterocycles. The van der Waals surface area contributed by atoms with Crippen LogP contribution in [0, 0.1) is 5.92 Å². The molecule has 2 unspecified atom stereocenters. The van der Waals surface area contributed by atoms with Crippen LogP contribution in [-0.4, -0.2) is 25.3 Å².